The molecule has 0 saturated carbocycles. The minimum absolute atomic E-state index is 0.00727. The first-order valence-electron chi connectivity index (χ1n) is 12.8. The number of aromatic amines is 1. The van der Waals surface area contributed by atoms with E-state index in [1.54, 1.807) is 0 Å². The molecule has 39 heavy (non-hydrogen) atoms. The maximum atomic E-state index is 14.3. The fourth-order valence-electron chi connectivity index (χ4n) is 5.81. The molecule has 3 atom stereocenters. The number of carbonyl (C=O) groups excluding carboxylic acids is 3. The highest BCUT2D eigenvalue weighted by molar-refractivity contribution is 6.07. The molecule has 3 amide bonds. The molecule has 202 valence electrons. The van der Waals surface area contributed by atoms with Crippen molar-refractivity contribution in [3.05, 3.63) is 64.9 Å². The second kappa shape index (κ2) is 9.49. The summed E-state index contributed by atoms with van der Waals surface area (Å²) in [6.07, 6.45) is 0.449. The van der Waals surface area contributed by atoms with Crippen LogP contribution in [0.4, 0.5) is 14.5 Å². The molecule has 0 radical (unpaired) electrons. The number of aromatic nitrogens is 1. The monoisotopic (exact) mass is 533 g/mol. The van der Waals surface area contributed by atoms with Crippen LogP contribution in [-0.4, -0.2) is 58.2 Å². The molecule has 0 bridgehead atoms. The van der Waals surface area contributed by atoms with Crippen molar-refractivity contribution in [2.24, 2.45) is 5.92 Å². The van der Waals surface area contributed by atoms with E-state index in [2.05, 4.69) is 16.4 Å². The minimum Gasteiger partial charge on any atom is -0.350 e. The number of aryl methyl sites for hydroxylation is 1. The van der Waals surface area contributed by atoms with Gasteiger partial charge in [-0.2, -0.15) is 5.26 Å². The molecule has 1 aromatic heterocycles. The van der Waals surface area contributed by atoms with Gasteiger partial charge in [0.15, 0.2) is 0 Å². The van der Waals surface area contributed by atoms with Gasteiger partial charge in [-0.3, -0.25) is 14.4 Å². The summed E-state index contributed by atoms with van der Waals surface area (Å²) in [4.78, 5) is 46.2. The molecule has 2 aromatic carbocycles. The van der Waals surface area contributed by atoms with E-state index in [-0.39, 0.29) is 41.4 Å². The zero-order chi connectivity index (χ0) is 28.2. The number of rotatable bonds is 5. The van der Waals surface area contributed by atoms with Gasteiger partial charge < -0.3 is 20.1 Å². The second-order valence-corrected chi connectivity index (χ2v) is 11.0. The Labute approximate surface area is 224 Å². The maximum absolute atomic E-state index is 14.3. The van der Waals surface area contributed by atoms with E-state index in [4.69, 9.17) is 0 Å². The van der Waals surface area contributed by atoms with Gasteiger partial charge in [0.1, 0.15) is 29.4 Å². The Kier molecular flexibility index (Phi) is 6.41. The van der Waals surface area contributed by atoms with Crippen LogP contribution in [0.3, 0.4) is 0 Å². The number of hydrogen-bond acceptors (Lipinski definition) is 4. The van der Waals surface area contributed by atoms with Crippen molar-refractivity contribution < 1.29 is 23.2 Å². The lowest BCUT2D eigenvalue weighted by Crippen LogP contribution is -2.52. The predicted molar refractivity (Wildman–Crippen MR) is 141 cm³/mol. The van der Waals surface area contributed by atoms with Crippen molar-refractivity contribution in [3.8, 4) is 6.07 Å². The number of anilines is 1. The van der Waals surface area contributed by atoms with Crippen molar-refractivity contribution in [3.63, 3.8) is 0 Å². The van der Waals surface area contributed by atoms with Crippen LogP contribution in [0.5, 0.6) is 0 Å². The first-order valence-corrected chi connectivity index (χ1v) is 12.8. The van der Waals surface area contributed by atoms with E-state index in [0.29, 0.717) is 12.1 Å². The fourth-order valence-corrected chi connectivity index (χ4v) is 5.81. The smallest absolute Gasteiger partial charge is 0.270 e. The van der Waals surface area contributed by atoms with Crippen LogP contribution in [0.1, 0.15) is 48.3 Å². The molecule has 3 aromatic rings. The van der Waals surface area contributed by atoms with Crippen LogP contribution in [0.15, 0.2) is 36.4 Å². The molecule has 1 spiro atoms. The Morgan fingerprint density at radius 3 is 2.67 bits per heavy atom. The zero-order valence-corrected chi connectivity index (χ0v) is 22.1. The summed E-state index contributed by atoms with van der Waals surface area (Å²) in [6.45, 7) is 5.76. The predicted octanol–water partition coefficient (Wildman–Crippen LogP) is 4.26. The first kappa shape index (κ1) is 26.4. The average molecular weight is 534 g/mol. The molecule has 5 rings (SSSR count). The number of halogens is 2. The number of nitriles is 1. The number of nitrogens with zero attached hydrogens (tertiary/aromatic N) is 3. The van der Waals surface area contributed by atoms with Crippen molar-refractivity contribution in [1.29, 1.82) is 5.26 Å². The van der Waals surface area contributed by atoms with E-state index < -0.39 is 40.9 Å². The molecule has 3 heterocycles. The summed E-state index contributed by atoms with van der Waals surface area (Å²) >= 11 is 0. The van der Waals surface area contributed by atoms with Gasteiger partial charge in [-0.25, -0.2) is 8.78 Å². The number of carbonyl (C=O) groups is 3. The van der Waals surface area contributed by atoms with Crippen molar-refractivity contribution in [2.45, 2.75) is 51.1 Å². The molecule has 1 fully saturated rings. The average Bonchev–Trinajstić information content (AvgIpc) is 3.56. The summed E-state index contributed by atoms with van der Waals surface area (Å²) in [6, 6.07) is 9.14. The van der Waals surface area contributed by atoms with Crippen molar-refractivity contribution in [2.75, 3.05) is 18.9 Å². The summed E-state index contributed by atoms with van der Waals surface area (Å²) in [5.74, 6) is -2.84. The molecule has 2 aliphatic heterocycles. The topological polar surface area (TPSA) is 109 Å². The molecule has 1 saturated heterocycles. The van der Waals surface area contributed by atoms with E-state index in [1.165, 1.54) is 22.9 Å². The van der Waals surface area contributed by atoms with Crippen LogP contribution in [0.2, 0.25) is 0 Å². The number of nitrogens with one attached hydrogen (secondary N) is 2. The molecule has 8 nitrogen and oxygen atoms in total. The lowest BCUT2D eigenvalue weighted by molar-refractivity contribution is -0.136. The number of fused-ring (bicyclic) bond motifs is 3. The Morgan fingerprint density at radius 2 is 1.97 bits per heavy atom. The molecule has 2 N–H and O–H groups in total. The largest absolute Gasteiger partial charge is 0.350 e. The molecule has 0 unspecified atom stereocenters. The van der Waals surface area contributed by atoms with Crippen LogP contribution in [0, 0.1) is 35.8 Å². The Bertz CT molecular complexity index is 1560. The zero-order valence-electron chi connectivity index (χ0n) is 22.1. The van der Waals surface area contributed by atoms with Gasteiger partial charge in [0.05, 0.1) is 17.0 Å². The normalized spacial score (nSPS) is 20.8. The summed E-state index contributed by atoms with van der Waals surface area (Å²) in [5, 5.41) is 13.0. The second-order valence-electron chi connectivity index (χ2n) is 11.0. The highest BCUT2D eigenvalue weighted by Crippen LogP contribution is 2.47. The Morgan fingerprint density at radius 1 is 1.23 bits per heavy atom. The SMILES string of the molecule is Cc1ccc2c(c1)[C@@]1(C[C@@H](C#N)N(C(=O)[C@H](CC(C)C)N(C)C(=O)c3cc4c(F)cc(F)cc4[nH]3)C1)C(=O)N2. The molecule has 0 aliphatic carbocycles. The van der Waals surface area contributed by atoms with E-state index >= 15 is 0 Å². The van der Waals surface area contributed by atoms with E-state index in [1.807, 2.05) is 39.0 Å². The summed E-state index contributed by atoms with van der Waals surface area (Å²) < 4.78 is 28.0. The standard InChI is InChI=1S/C29H29F2N5O3/c1-15(2)7-25(35(4)26(37)24-11-19-21(31)9-17(30)10-23(19)33-24)27(38)36-14-29(12-18(36)13-32)20-8-16(3)5-6-22(20)34-28(29)39/h5-6,8-11,15,18,25,33H,7,12,14H2,1-4H3,(H,34,39)/t18-,25-,29-/m0/s1. The van der Waals surface area contributed by atoms with Gasteiger partial charge in [0, 0.05) is 37.2 Å². The molecular weight excluding hydrogens is 504 g/mol. The number of benzene rings is 2. The Balaban J connectivity index is 1.47. The van der Waals surface area contributed by atoms with Gasteiger partial charge in [-0.05, 0) is 43.0 Å². The highest BCUT2D eigenvalue weighted by Gasteiger charge is 2.56. The van der Waals surface area contributed by atoms with Gasteiger partial charge in [0.25, 0.3) is 5.91 Å². The third-order valence-corrected chi connectivity index (χ3v) is 7.81. The minimum atomic E-state index is -1.05. The van der Waals surface area contributed by atoms with Gasteiger partial charge in [0.2, 0.25) is 11.8 Å². The number of likely N-dealkylation sites (N-methyl/N-ethyl adjacent to an activating group) is 1. The van der Waals surface area contributed by atoms with E-state index in [9.17, 15) is 28.4 Å². The van der Waals surface area contributed by atoms with Gasteiger partial charge in [-0.1, -0.05) is 31.5 Å². The van der Waals surface area contributed by atoms with Crippen LogP contribution >= 0.6 is 0 Å². The third-order valence-electron chi connectivity index (χ3n) is 7.81. The lowest BCUT2D eigenvalue weighted by Gasteiger charge is -2.33. The Hall–Kier alpha value is -4.26. The fraction of sp³-hybridized carbons (Fsp3) is 0.379. The van der Waals surface area contributed by atoms with E-state index in [0.717, 1.165) is 23.3 Å². The third kappa shape index (κ3) is 4.32. The summed E-state index contributed by atoms with van der Waals surface area (Å²) in [5.41, 5.74) is 1.48. The lowest BCUT2D eigenvalue weighted by atomic mass is 9.79. The number of hydrogen-bond donors (Lipinski definition) is 2. The highest BCUT2D eigenvalue weighted by atomic mass is 19.1. The van der Waals surface area contributed by atoms with Crippen molar-refractivity contribution >= 4 is 34.3 Å². The summed E-state index contributed by atoms with van der Waals surface area (Å²) in [7, 11) is 1.48. The first-order chi connectivity index (χ1) is 18.4. The number of amides is 3. The maximum Gasteiger partial charge on any atom is 0.270 e. The molecular formula is C29H29F2N5O3. The van der Waals surface area contributed by atoms with Gasteiger partial charge >= 0.3 is 0 Å². The number of likely N-dealkylation sites (tertiary alicyclic amines) is 1. The quantitative estimate of drug-likeness (QED) is 0.511. The van der Waals surface area contributed by atoms with Crippen LogP contribution in [-0.2, 0) is 15.0 Å². The molecule has 10 heteroatoms. The number of H-pyrrole nitrogens is 1. The molecule has 2 aliphatic rings. The van der Waals surface area contributed by atoms with Gasteiger partial charge in [-0.15, -0.1) is 0 Å². The van der Waals surface area contributed by atoms with Crippen LogP contribution in [0.25, 0.3) is 10.9 Å². The van der Waals surface area contributed by atoms with Crippen LogP contribution < -0.4 is 5.32 Å². The van der Waals surface area contributed by atoms with Crippen molar-refractivity contribution in [1.82, 2.24) is 14.8 Å².